The number of nitrogens with zero attached hydrogens (tertiary/aromatic N) is 5. The molecular formula is C31H33F3N6O3. The highest BCUT2D eigenvalue weighted by atomic mass is 19.4. The van der Waals surface area contributed by atoms with Crippen molar-refractivity contribution in [2.75, 3.05) is 39.1 Å². The van der Waals surface area contributed by atoms with Crippen molar-refractivity contribution >= 4 is 23.4 Å². The first kappa shape index (κ1) is 30.0. The van der Waals surface area contributed by atoms with Gasteiger partial charge in [-0.1, -0.05) is 6.07 Å². The molecule has 1 aromatic carbocycles. The lowest BCUT2D eigenvalue weighted by Crippen LogP contribution is -2.45. The SMILES string of the molecule is CN(C)C(=O)c1cc(N2CCC(N(C)C(=O)c3ccc4c(c3)C(NC(=O)c3cccnc3C(F)(F)F)CC4)CC2)ccn1. The molecule has 1 saturated heterocycles. The molecule has 1 aliphatic heterocycles. The smallest absolute Gasteiger partial charge is 0.371 e. The third-order valence-electron chi connectivity index (χ3n) is 8.16. The minimum atomic E-state index is -4.76. The van der Waals surface area contributed by atoms with Gasteiger partial charge in [-0.25, -0.2) is 0 Å². The van der Waals surface area contributed by atoms with E-state index in [0.717, 1.165) is 41.9 Å². The number of hydrogen-bond donors (Lipinski definition) is 1. The van der Waals surface area contributed by atoms with E-state index in [0.29, 0.717) is 37.2 Å². The van der Waals surface area contributed by atoms with Crippen LogP contribution in [0.4, 0.5) is 18.9 Å². The molecule has 0 spiro atoms. The van der Waals surface area contributed by atoms with Crippen LogP contribution < -0.4 is 10.2 Å². The number of alkyl halides is 3. The molecule has 12 heteroatoms. The summed E-state index contributed by atoms with van der Waals surface area (Å²) in [6.07, 6.45) is 0.504. The fourth-order valence-corrected chi connectivity index (χ4v) is 5.78. The van der Waals surface area contributed by atoms with Gasteiger partial charge in [0.25, 0.3) is 17.7 Å². The molecule has 1 fully saturated rings. The highest BCUT2D eigenvalue weighted by Gasteiger charge is 2.38. The lowest BCUT2D eigenvalue weighted by molar-refractivity contribution is -0.141. The molecule has 1 atom stereocenters. The molecule has 0 radical (unpaired) electrons. The van der Waals surface area contributed by atoms with Crippen LogP contribution in [0.2, 0.25) is 0 Å². The number of aryl methyl sites for hydroxylation is 1. The Morgan fingerprint density at radius 1 is 0.930 bits per heavy atom. The third kappa shape index (κ3) is 6.32. The number of nitrogens with one attached hydrogen (secondary N) is 1. The molecule has 0 saturated carbocycles. The number of piperidine rings is 1. The first-order valence-corrected chi connectivity index (χ1v) is 14.1. The van der Waals surface area contributed by atoms with Crippen LogP contribution in [-0.2, 0) is 12.6 Å². The Labute approximate surface area is 247 Å². The number of amides is 3. The maximum atomic E-state index is 13.5. The Morgan fingerprint density at radius 2 is 1.67 bits per heavy atom. The second-order valence-corrected chi connectivity index (χ2v) is 11.1. The number of hydrogen-bond acceptors (Lipinski definition) is 6. The Hall–Kier alpha value is -4.48. The minimum Gasteiger partial charge on any atom is -0.371 e. The topological polar surface area (TPSA) is 98.7 Å². The normalized spacial score (nSPS) is 16.9. The molecule has 2 aromatic heterocycles. The van der Waals surface area contributed by atoms with E-state index in [1.54, 1.807) is 50.4 Å². The van der Waals surface area contributed by atoms with Crippen molar-refractivity contribution in [2.45, 2.75) is 43.9 Å². The van der Waals surface area contributed by atoms with E-state index in [4.69, 9.17) is 0 Å². The van der Waals surface area contributed by atoms with E-state index in [-0.39, 0.29) is 17.9 Å². The van der Waals surface area contributed by atoms with Gasteiger partial charge in [0.05, 0.1) is 11.6 Å². The van der Waals surface area contributed by atoms with Crippen LogP contribution in [0, 0.1) is 0 Å². The molecular weight excluding hydrogens is 561 g/mol. The molecule has 3 aromatic rings. The monoisotopic (exact) mass is 594 g/mol. The summed E-state index contributed by atoms with van der Waals surface area (Å²) < 4.78 is 40.2. The summed E-state index contributed by atoms with van der Waals surface area (Å²) >= 11 is 0. The molecule has 5 rings (SSSR count). The van der Waals surface area contributed by atoms with Crippen LogP contribution in [0.1, 0.15) is 73.3 Å². The van der Waals surface area contributed by atoms with E-state index in [9.17, 15) is 27.6 Å². The highest BCUT2D eigenvalue weighted by Crippen LogP contribution is 2.34. The van der Waals surface area contributed by atoms with Gasteiger partial charge in [-0.15, -0.1) is 0 Å². The Morgan fingerprint density at radius 3 is 2.37 bits per heavy atom. The number of fused-ring (bicyclic) bond motifs is 1. The van der Waals surface area contributed by atoms with Crippen molar-refractivity contribution in [2.24, 2.45) is 0 Å². The number of halogens is 3. The number of pyridine rings is 2. The highest BCUT2D eigenvalue weighted by molar-refractivity contribution is 5.96. The van der Waals surface area contributed by atoms with Gasteiger partial charge in [-0.3, -0.25) is 24.4 Å². The summed E-state index contributed by atoms with van der Waals surface area (Å²) in [6, 6.07) is 10.9. The van der Waals surface area contributed by atoms with Gasteiger partial charge in [0.1, 0.15) is 5.69 Å². The maximum Gasteiger partial charge on any atom is 0.434 e. The largest absolute Gasteiger partial charge is 0.434 e. The van der Waals surface area contributed by atoms with Crippen molar-refractivity contribution in [3.63, 3.8) is 0 Å². The summed E-state index contributed by atoms with van der Waals surface area (Å²) in [4.78, 5) is 51.7. The summed E-state index contributed by atoms with van der Waals surface area (Å²) in [5.41, 5.74) is 1.67. The Kier molecular flexibility index (Phi) is 8.38. The summed E-state index contributed by atoms with van der Waals surface area (Å²) in [7, 11) is 5.14. The summed E-state index contributed by atoms with van der Waals surface area (Å²) in [5.74, 6) is -1.18. The number of rotatable bonds is 6. The lowest BCUT2D eigenvalue weighted by atomic mass is 10.00. The van der Waals surface area contributed by atoms with Crippen LogP contribution in [0.25, 0.3) is 0 Å². The van der Waals surface area contributed by atoms with E-state index in [1.807, 2.05) is 12.1 Å². The predicted octanol–water partition coefficient (Wildman–Crippen LogP) is 4.36. The number of carbonyl (C=O) groups is 3. The zero-order chi connectivity index (χ0) is 30.9. The quantitative estimate of drug-likeness (QED) is 0.456. The van der Waals surface area contributed by atoms with Crippen LogP contribution in [0.15, 0.2) is 54.9 Å². The molecule has 0 bridgehead atoms. The fraction of sp³-hybridized carbons (Fsp3) is 0.387. The van der Waals surface area contributed by atoms with Crippen molar-refractivity contribution < 1.29 is 27.6 Å². The molecule has 1 aliphatic carbocycles. The van der Waals surface area contributed by atoms with E-state index < -0.39 is 29.4 Å². The van der Waals surface area contributed by atoms with Gasteiger partial charge in [-0.2, -0.15) is 13.2 Å². The maximum absolute atomic E-state index is 13.5. The zero-order valence-electron chi connectivity index (χ0n) is 24.2. The van der Waals surface area contributed by atoms with Crippen molar-refractivity contribution in [3.8, 4) is 0 Å². The standard InChI is InChI=1S/C31H33F3N6O3/c1-38(2)30(43)26-18-22(10-14-35-26)40-15-11-21(12-16-40)39(3)29(42)20-7-6-19-8-9-25(24(19)17-20)37-28(41)23-5-4-13-36-27(23)31(32,33)34/h4-7,10,13-14,17-18,21,25H,8-9,11-12,15-16H2,1-3H3,(H,37,41). The average Bonchev–Trinajstić information content (AvgIpc) is 3.41. The van der Waals surface area contributed by atoms with Crippen LogP contribution in [0.3, 0.4) is 0 Å². The van der Waals surface area contributed by atoms with Gasteiger partial charge in [0.2, 0.25) is 0 Å². The first-order valence-electron chi connectivity index (χ1n) is 14.1. The van der Waals surface area contributed by atoms with Crippen molar-refractivity contribution in [1.82, 2.24) is 25.1 Å². The minimum absolute atomic E-state index is 0.00332. The molecule has 226 valence electrons. The predicted molar refractivity (Wildman–Crippen MR) is 154 cm³/mol. The molecule has 9 nitrogen and oxygen atoms in total. The lowest BCUT2D eigenvalue weighted by Gasteiger charge is -2.38. The summed E-state index contributed by atoms with van der Waals surface area (Å²) in [5, 5.41) is 2.72. The third-order valence-corrected chi connectivity index (χ3v) is 8.16. The van der Waals surface area contributed by atoms with Crippen LogP contribution >= 0.6 is 0 Å². The van der Waals surface area contributed by atoms with Crippen LogP contribution in [0.5, 0.6) is 0 Å². The molecule has 3 amide bonds. The van der Waals surface area contributed by atoms with E-state index in [2.05, 4.69) is 20.2 Å². The van der Waals surface area contributed by atoms with Gasteiger partial charge in [0, 0.05) is 63.9 Å². The second kappa shape index (κ2) is 12.0. The van der Waals surface area contributed by atoms with Gasteiger partial charge in [0.15, 0.2) is 5.69 Å². The van der Waals surface area contributed by atoms with Crippen LogP contribution in [-0.4, -0.2) is 77.8 Å². The molecule has 2 aliphatic rings. The van der Waals surface area contributed by atoms with Gasteiger partial charge < -0.3 is 20.0 Å². The van der Waals surface area contributed by atoms with E-state index >= 15 is 0 Å². The van der Waals surface area contributed by atoms with E-state index in [1.165, 1.54) is 11.0 Å². The van der Waals surface area contributed by atoms with Crippen molar-refractivity contribution in [3.05, 3.63) is 88.5 Å². The van der Waals surface area contributed by atoms with Crippen molar-refractivity contribution in [1.29, 1.82) is 0 Å². The number of aromatic nitrogens is 2. The number of carbonyl (C=O) groups excluding carboxylic acids is 3. The Balaban J connectivity index is 1.24. The summed E-state index contributed by atoms with van der Waals surface area (Å²) in [6.45, 7) is 1.41. The van der Waals surface area contributed by atoms with Gasteiger partial charge >= 0.3 is 6.18 Å². The number of anilines is 1. The molecule has 1 unspecified atom stereocenters. The first-order chi connectivity index (χ1) is 20.4. The Bertz CT molecular complexity index is 1540. The van der Waals surface area contributed by atoms with Gasteiger partial charge in [-0.05, 0) is 73.2 Å². The molecule has 1 N–H and O–H groups in total. The average molecular weight is 595 g/mol. The second-order valence-electron chi connectivity index (χ2n) is 11.1. The fourth-order valence-electron chi connectivity index (χ4n) is 5.78. The molecule has 43 heavy (non-hydrogen) atoms. The number of benzene rings is 1. The molecule has 3 heterocycles. The zero-order valence-corrected chi connectivity index (χ0v) is 24.2.